The van der Waals surface area contributed by atoms with Crippen LogP contribution in [0, 0.1) is 0 Å². The van der Waals surface area contributed by atoms with Crippen molar-refractivity contribution in [3.8, 4) is 0 Å². The minimum absolute atomic E-state index is 0.00817. The van der Waals surface area contributed by atoms with E-state index in [1.807, 2.05) is 12.1 Å². The summed E-state index contributed by atoms with van der Waals surface area (Å²) in [6, 6.07) is 17.5. The fourth-order valence-electron chi connectivity index (χ4n) is 2.13. The summed E-state index contributed by atoms with van der Waals surface area (Å²) in [7, 11) is 0. The van der Waals surface area contributed by atoms with Crippen molar-refractivity contribution in [3.63, 3.8) is 0 Å². The third-order valence-corrected chi connectivity index (χ3v) is 3.47. The monoisotopic (exact) mass is 294 g/mol. The largest absolute Gasteiger partial charge is 0.384 e. The highest BCUT2D eigenvalue weighted by molar-refractivity contribution is 6.08. The first-order valence-corrected chi connectivity index (χ1v) is 6.90. The van der Waals surface area contributed by atoms with Crippen molar-refractivity contribution >= 4 is 5.78 Å². The van der Waals surface area contributed by atoms with Gasteiger partial charge in [0.15, 0.2) is 5.78 Å². The van der Waals surface area contributed by atoms with Crippen LogP contribution in [0.3, 0.4) is 0 Å². The fourth-order valence-corrected chi connectivity index (χ4v) is 2.13. The Bertz CT molecular complexity index is 615. The molecular formula is C19H18O3. The van der Waals surface area contributed by atoms with Gasteiger partial charge in [-0.05, 0) is 11.1 Å². The van der Waals surface area contributed by atoms with Crippen LogP contribution >= 0.6 is 0 Å². The predicted octanol–water partition coefficient (Wildman–Crippen LogP) is 3.14. The zero-order valence-electron chi connectivity index (χ0n) is 12.1. The zero-order chi connectivity index (χ0) is 16.1. The Morgan fingerprint density at radius 1 is 0.727 bits per heavy atom. The molecule has 2 atom stereocenters. The summed E-state index contributed by atoms with van der Waals surface area (Å²) in [5, 5.41) is 20.4. The van der Waals surface area contributed by atoms with Crippen molar-refractivity contribution < 1.29 is 15.0 Å². The maximum Gasteiger partial charge on any atom is 0.189 e. The fraction of sp³-hybridized carbons (Fsp3) is 0.105. The molecule has 0 radical (unpaired) electrons. The lowest BCUT2D eigenvalue weighted by molar-refractivity contribution is -0.114. The van der Waals surface area contributed by atoms with Crippen molar-refractivity contribution in [2.45, 2.75) is 12.2 Å². The molecule has 0 aliphatic carbocycles. The number of Topliss-reactive ketones (excluding diaryl/α,β-unsaturated/α-hetero) is 1. The smallest absolute Gasteiger partial charge is 0.189 e. The molecule has 0 heterocycles. The van der Waals surface area contributed by atoms with Gasteiger partial charge in [0.05, 0.1) is 0 Å². The second-order valence-electron chi connectivity index (χ2n) is 5.01. The molecule has 0 aliphatic heterocycles. The Balaban J connectivity index is 2.14. The summed E-state index contributed by atoms with van der Waals surface area (Å²) in [5.41, 5.74) is 1.13. The van der Waals surface area contributed by atoms with E-state index >= 15 is 0 Å². The highest BCUT2D eigenvalue weighted by Crippen LogP contribution is 2.27. The molecule has 0 bridgehead atoms. The Hall–Kier alpha value is -2.49. The highest BCUT2D eigenvalue weighted by Gasteiger charge is 2.24. The van der Waals surface area contributed by atoms with Crippen LogP contribution < -0.4 is 0 Å². The van der Waals surface area contributed by atoms with Gasteiger partial charge in [-0.3, -0.25) is 4.79 Å². The average molecular weight is 294 g/mol. The first-order valence-electron chi connectivity index (χ1n) is 6.90. The number of hydrogen-bond acceptors (Lipinski definition) is 3. The highest BCUT2D eigenvalue weighted by atomic mass is 16.3. The molecule has 0 saturated carbocycles. The molecule has 0 amide bonds. The molecule has 0 aliphatic rings. The van der Waals surface area contributed by atoms with Crippen LogP contribution in [0.1, 0.15) is 23.3 Å². The molecular weight excluding hydrogens is 276 g/mol. The molecule has 2 rings (SSSR count). The van der Waals surface area contributed by atoms with E-state index in [4.69, 9.17) is 0 Å². The molecule has 0 fully saturated rings. The lowest BCUT2D eigenvalue weighted by Crippen LogP contribution is -2.16. The van der Waals surface area contributed by atoms with E-state index in [2.05, 4.69) is 13.2 Å². The molecule has 0 aromatic heterocycles. The Labute approximate surface area is 129 Å². The normalized spacial score (nSPS) is 13.2. The lowest BCUT2D eigenvalue weighted by Gasteiger charge is -2.17. The van der Waals surface area contributed by atoms with Crippen molar-refractivity contribution in [1.29, 1.82) is 0 Å². The number of benzene rings is 2. The number of rotatable bonds is 6. The summed E-state index contributed by atoms with van der Waals surface area (Å²) in [5.74, 6) is -0.535. The third-order valence-electron chi connectivity index (χ3n) is 3.47. The van der Waals surface area contributed by atoms with Gasteiger partial charge in [-0.1, -0.05) is 73.8 Å². The Morgan fingerprint density at radius 3 is 1.36 bits per heavy atom. The predicted molar refractivity (Wildman–Crippen MR) is 86.1 cm³/mol. The molecule has 3 heteroatoms. The van der Waals surface area contributed by atoms with Gasteiger partial charge < -0.3 is 10.2 Å². The van der Waals surface area contributed by atoms with Crippen LogP contribution in [-0.4, -0.2) is 16.0 Å². The van der Waals surface area contributed by atoms with Gasteiger partial charge in [0, 0.05) is 11.1 Å². The summed E-state index contributed by atoms with van der Waals surface area (Å²) < 4.78 is 0. The number of aliphatic hydroxyl groups excluding tert-OH is 2. The maximum atomic E-state index is 12.4. The molecule has 0 saturated heterocycles. The van der Waals surface area contributed by atoms with Crippen molar-refractivity contribution in [3.05, 3.63) is 96.1 Å². The minimum Gasteiger partial charge on any atom is -0.384 e. The molecule has 2 unspecified atom stereocenters. The third kappa shape index (κ3) is 3.39. The second-order valence-corrected chi connectivity index (χ2v) is 5.01. The van der Waals surface area contributed by atoms with Crippen molar-refractivity contribution in [2.75, 3.05) is 0 Å². The summed E-state index contributed by atoms with van der Waals surface area (Å²) in [6.45, 7) is 7.31. The van der Waals surface area contributed by atoms with Gasteiger partial charge in [-0.15, -0.1) is 0 Å². The van der Waals surface area contributed by atoms with Crippen molar-refractivity contribution in [1.82, 2.24) is 0 Å². The van der Waals surface area contributed by atoms with Gasteiger partial charge in [0.25, 0.3) is 0 Å². The number of aliphatic hydroxyl groups is 2. The molecule has 112 valence electrons. The van der Waals surface area contributed by atoms with Gasteiger partial charge in [0.2, 0.25) is 0 Å². The average Bonchev–Trinajstić information content (AvgIpc) is 2.60. The zero-order valence-corrected chi connectivity index (χ0v) is 12.1. The van der Waals surface area contributed by atoms with E-state index < -0.39 is 18.0 Å². The minimum atomic E-state index is -1.12. The number of carbonyl (C=O) groups is 1. The van der Waals surface area contributed by atoms with E-state index in [-0.39, 0.29) is 11.1 Å². The summed E-state index contributed by atoms with van der Waals surface area (Å²) >= 11 is 0. The van der Waals surface area contributed by atoms with Crippen LogP contribution in [0.4, 0.5) is 0 Å². The Kier molecular flexibility index (Phi) is 5.04. The number of carbonyl (C=O) groups excluding carboxylic acids is 1. The maximum absolute atomic E-state index is 12.4. The summed E-state index contributed by atoms with van der Waals surface area (Å²) in [6.07, 6.45) is -2.23. The van der Waals surface area contributed by atoms with E-state index in [1.54, 1.807) is 48.5 Å². The summed E-state index contributed by atoms with van der Waals surface area (Å²) in [4.78, 5) is 12.4. The number of hydrogen-bond donors (Lipinski definition) is 2. The van der Waals surface area contributed by atoms with Crippen LogP contribution in [0.15, 0.2) is 85.0 Å². The van der Waals surface area contributed by atoms with Gasteiger partial charge in [-0.2, -0.15) is 0 Å². The van der Waals surface area contributed by atoms with Crippen LogP contribution in [0.25, 0.3) is 0 Å². The Morgan fingerprint density at radius 2 is 1.05 bits per heavy atom. The molecule has 2 N–H and O–H groups in total. The van der Waals surface area contributed by atoms with Crippen molar-refractivity contribution in [2.24, 2.45) is 0 Å². The molecule has 2 aromatic rings. The van der Waals surface area contributed by atoms with Gasteiger partial charge >= 0.3 is 0 Å². The molecule has 22 heavy (non-hydrogen) atoms. The molecule has 0 spiro atoms. The first kappa shape index (κ1) is 15.9. The van der Waals surface area contributed by atoms with E-state index in [9.17, 15) is 15.0 Å². The topological polar surface area (TPSA) is 57.5 Å². The SMILES string of the molecule is C=C(C(=O)C(=C)C(O)c1ccccc1)C(O)c1ccccc1. The quantitative estimate of drug-likeness (QED) is 0.805. The second kappa shape index (κ2) is 6.98. The lowest BCUT2D eigenvalue weighted by atomic mass is 9.92. The first-order chi connectivity index (χ1) is 10.5. The van der Waals surface area contributed by atoms with Gasteiger partial charge in [-0.25, -0.2) is 0 Å². The van der Waals surface area contributed by atoms with Crippen LogP contribution in [0.2, 0.25) is 0 Å². The molecule has 3 nitrogen and oxygen atoms in total. The van der Waals surface area contributed by atoms with E-state index in [0.29, 0.717) is 11.1 Å². The standard InChI is InChI=1S/C19H18O3/c1-13(18(21)15-9-5-3-6-10-15)17(20)14(2)19(22)16-11-7-4-8-12-16/h3-12,18-19,21-22H,1-2H2. The molecule has 2 aromatic carbocycles. The number of ketones is 1. The van der Waals surface area contributed by atoms with Gasteiger partial charge in [0.1, 0.15) is 12.2 Å². The van der Waals surface area contributed by atoms with Crippen LogP contribution in [0.5, 0.6) is 0 Å². The van der Waals surface area contributed by atoms with E-state index in [1.165, 1.54) is 0 Å². The van der Waals surface area contributed by atoms with Crippen LogP contribution in [-0.2, 0) is 4.79 Å². The van der Waals surface area contributed by atoms with E-state index in [0.717, 1.165) is 0 Å².